The van der Waals surface area contributed by atoms with E-state index in [-0.39, 0.29) is 0 Å². The predicted octanol–water partition coefficient (Wildman–Crippen LogP) is 2.81. The summed E-state index contributed by atoms with van der Waals surface area (Å²) in [4.78, 5) is 8.79. The molecule has 0 radical (unpaired) electrons. The SMILES string of the molecule is CSc1cccc(Nc2cncnc2)c1C#N. The second-order valence-electron chi connectivity index (χ2n) is 3.25. The van der Waals surface area contributed by atoms with E-state index in [4.69, 9.17) is 0 Å². The topological polar surface area (TPSA) is 61.6 Å². The molecule has 1 aromatic heterocycles. The molecule has 0 aliphatic carbocycles. The molecule has 0 saturated carbocycles. The minimum Gasteiger partial charge on any atom is -0.352 e. The summed E-state index contributed by atoms with van der Waals surface area (Å²) < 4.78 is 0. The molecule has 0 saturated heterocycles. The molecule has 84 valence electrons. The van der Waals surface area contributed by atoms with Crippen molar-refractivity contribution in [3.8, 4) is 6.07 Å². The lowest BCUT2D eigenvalue weighted by Gasteiger charge is -2.09. The molecule has 2 rings (SSSR count). The van der Waals surface area contributed by atoms with E-state index < -0.39 is 0 Å². The van der Waals surface area contributed by atoms with Crippen LogP contribution in [0.5, 0.6) is 0 Å². The summed E-state index contributed by atoms with van der Waals surface area (Å²) in [5.41, 5.74) is 2.18. The highest BCUT2D eigenvalue weighted by Crippen LogP contribution is 2.28. The summed E-state index contributed by atoms with van der Waals surface area (Å²) in [6, 6.07) is 7.92. The van der Waals surface area contributed by atoms with Crippen molar-refractivity contribution < 1.29 is 0 Å². The van der Waals surface area contributed by atoms with Crippen LogP contribution in [0.15, 0.2) is 41.8 Å². The Bertz CT molecular complexity index is 548. The van der Waals surface area contributed by atoms with Crippen molar-refractivity contribution in [2.24, 2.45) is 0 Å². The molecular formula is C12H10N4S. The molecule has 0 spiro atoms. The van der Waals surface area contributed by atoms with Crippen LogP contribution in [0.1, 0.15) is 5.56 Å². The molecule has 17 heavy (non-hydrogen) atoms. The smallest absolute Gasteiger partial charge is 0.115 e. The van der Waals surface area contributed by atoms with Crippen molar-refractivity contribution in [3.63, 3.8) is 0 Å². The lowest BCUT2D eigenvalue weighted by molar-refractivity contribution is 1.17. The number of hydrogen-bond donors (Lipinski definition) is 1. The van der Waals surface area contributed by atoms with Gasteiger partial charge in [0.15, 0.2) is 0 Å². The molecule has 0 fully saturated rings. The number of anilines is 2. The highest BCUT2D eigenvalue weighted by molar-refractivity contribution is 7.98. The Morgan fingerprint density at radius 3 is 2.71 bits per heavy atom. The first-order valence-corrected chi connectivity index (χ1v) is 6.16. The molecule has 0 atom stereocenters. The van der Waals surface area contributed by atoms with Gasteiger partial charge in [0, 0.05) is 4.90 Å². The zero-order chi connectivity index (χ0) is 12.1. The number of benzene rings is 1. The van der Waals surface area contributed by atoms with Gasteiger partial charge in [-0.15, -0.1) is 11.8 Å². The van der Waals surface area contributed by atoms with E-state index in [1.165, 1.54) is 6.33 Å². The summed E-state index contributed by atoms with van der Waals surface area (Å²) in [5.74, 6) is 0. The number of nitrogens with zero attached hydrogens (tertiary/aromatic N) is 3. The van der Waals surface area contributed by atoms with Crippen molar-refractivity contribution in [2.45, 2.75) is 4.90 Å². The lowest BCUT2D eigenvalue weighted by atomic mass is 10.2. The summed E-state index contributed by atoms with van der Waals surface area (Å²) in [7, 11) is 0. The number of aromatic nitrogens is 2. The van der Waals surface area contributed by atoms with Crippen molar-refractivity contribution in [3.05, 3.63) is 42.5 Å². The van der Waals surface area contributed by atoms with E-state index in [9.17, 15) is 5.26 Å². The molecule has 0 aliphatic heterocycles. The van der Waals surface area contributed by atoms with Gasteiger partial charge in [-0.25, -0.2) is 9.97 Å². The van der Waals surface area contributed by atoms with Gasteiger partial charge in [-0.1, -0.05) is 6.07 Å². The monoisotopic (exact) mass is 242 g/mol. The van der Waals surface area contributed by atoms with Gasteiger partial charge >= 0.3 is 0 Å². The maximum absolute atomic E-state index is 9.17. The summed E-state index contributed by atoms with van der Waals surface area (Å²) >= 11 is 1.55. The van der Waals surface area contributed by atoms with Gasteiger partial charge in [0.1, 0.15) is 12.4 Å². The average molecular weight is 242 g/mol. The van der Waals surface area contributed by atoms with Crippen molar-refractivity contribution in [1.82, 2.24) is 9.97 Å². The maximum Gasteiger partial charge on any atom is 0.115 e. The molecule has 0 unspecified atom stereocenters. The van der Waals surface area contributed by atoms with Crippen LogP contribution in [0.3, 0.4) is 0 Å². The van der Waals surface area contributed by atoms with E-state index in [1.54, 1.807) is 24.2 Å². The fourth-order valence-corrected chi connectivity index (χ4v) is 2.01. The molecule has 5 heteroatoms. The average Bonchev–Trinajstić information content (AvgIpc) is 2.39. The second-order valence-corrected chi connectivity index (χ2v) is 4.09. The van der Waals surface area contributed by atoms with Gasteiger partial charge in [-0.3, -0.25) is 0 Å². The zero-order valence-electron chi connectivity index (χ0n) is 9.21. The van der Waals surface area contributed by atoms with Crippen LogP contribution in [0.4, 0.5) is 11.4 Å². The first kappa shape index (κ1) is 11.4. The largest absolute Gasteiger partial charge is 0.352 e. The van der Waals surface area contributed by atoms with Crippen LogP contribution in [-0.4, -0.2) is 16.2 Å². The molecule has 0 bridgehead atoms. The molecule has 1 N–H and O–H groups in total. The van der Waals surface area contributed by atoms with Gasteiger partial charge < -0.3 is 5.32 Å². The summed E-state index contributed by atoms with van der Waals surface area (Å²) in [6.45, 7) is 0. The Hall–Kier alpha value is -2.06. The third-order valence-corrected chi connectivity index (χ3v) is 2.98. The van der Waals surface area contributed by atoms with Crippen LogP contribution in [0.25, 0.3) is 0 Å². The van der Waals surface area contributed by atoms with Gasteiger partial charge in [-0.05, 0) is 18.4 Å². The second kappa shape index (κ2) is 5.32. The minimum atomic E-state index is 0.642. The van der Waals surface area contributed by atoms with Gasteiger partial charge in [0.25, 0.3) is 0 Å². The Kier molecular flexibility index (Phi) is 3.58. The van der Waals surface area contributed by atoms with Crippen LogP contribution < -0.4 is 5.32 Å². The number of hydrogen-bond acceptors (Lipinski definition) is 5. The predicted molar refractivity (Wildman–Crippen MR) is 68.3 cm³/mol. The van der Waals surface area contributed by atoms with Crippen molar-refractivity contribution in [2.75, 3.05) is 11.6 Å². The molecule has 0 aliphatic rings. The zero-order valence-corrected chi connectivity index (χ0v) is 10.0. The first-order valence-electron chi connectivity index (χ1n) is 4.94. The number of thioether (sulfide) groups is 1. The number of nitriles is 1. The minimum absolute atomic E-state index is 0.642. The third kappa shape index (κ3) is 2.55. The fraction of sp³-hybridized carbons (Fsp3) is 0.0833. The Morgan fingerprint density at radius 2 is 2.06 bits per heavy atom. The molecule has 4 nitrogen and oxygen atoms in total. The summed E-state index contributed by atoms with van der Waals surface area (Å²) in [5, 5.41) is 12.3. The van der Waals surface area contributed by atoms with E-state index >= 15 is 0 Å². The highest BCUT2D eigenvalue weighted by atomic mass is 32.2. The Morgan fingerprint density at radius 1 is 1.29 bits per heavy atom. The van der Waals surface area contributed by atoms with Gasteiger partial charge in [-0.2, -0.15) is 5.26 Å². The Balaban J connectivity index is 2.37. The third-order valence-electron chi connectivity index (χ3n) is 2.20. The quantitative estimate of drug-likeness (QED) is 0.838. The van der Waals surface area contributed by atoms with Crippen LogP contribution in [0.2, 0.25) is 0 Å². The van der Waals surface area contributed by atoms with Crippen molar-refractivity contribution in [1.29, 1.82) is 5.26 Å². The lowest BCUT2D eigenvalue weighted by Crippen LogP contribution is -1.95. The highest BCUT2D eigenvalue weighted by Gasteiger charge is 2.07. The molecule has 2 aromatic rings. The number of rotatable bonds is 3. The van der Waals surface area contributed by atoms with E-state index in [1.807, 2.05) is 24.5 Å². The molecule has 0 amide bonds. The summed E-state index contributed by atoms with van der Waals surface area (Å²) in [6.07, 6.45) is 6.75. The van der Waals surface area contributed by atoms with E-state index in [0.717, 1.165) is 16.3 Å². The standard InChI is InChI=1S/C12H10N4S/c1-17-12-4-2-3-11(10(12)5-13)16-9-6-14-8-15-7-9/h2-4,6-8,16H,1H3. The van der Waals surface area contributed by atoms with Crippen LogP contribution in [0, 0.1) is 11.3 Å². The normalized spacial score (nSPS) is 9.65. The molecular weight excluding hydrogens is 232 g/mol. The first-order chi connectivity index (χ1) is 8.35. The Labute approximate surface area is 104 Å². The van der Waals surface area contributed by atoms with E-state index in [0.29, 0.717) is 5.56 Å². The fourth-order valence-electron chi connectivity index (χ4n) is 1.44. The van der Waals surface area contributed by atoms with Crippen molar-refractivity contribution >= 4 is 23.1 Å². The number of nitrogens with one attached hydrogen (secondary N) is 1. The molecule has 1 aromatic carbocycles. The van der Waals surface area contributed by atoms with Crippen LogP contribution in [-0.2, 0) is 0 Å². The van der Waals surface area contributed by atoms with Gasteiger partial charge in [0.05, 0.1) is 29.3 Å². The van der Waals surface area contributed by atoms with E-state index in [2.05, 4.69) is 21.4 Å². The maximum atomic E-state index is 9.17. The van der Waals surface area contributed by atoms with Crippen LogP contribution >= 0.6 is 11.8 Å². The molecule has 1 heterocycles. The van der Waals surface area contributed by atoms with Gasteiger partial charge in [0.2, 0.25) is 0 Å².